The van der Waals surface area contributed by atoms with Gasteiger partial charge in [-0.15, -0.1) is 0 Å². The van der Waals surface area contributed by atoms with Gasteiger partial charge in [0.15, 0.2) is 0 Å². The lowest BCUT2D eigenvalue weighted by Gasteiger charge is -2.09. The van der Waals surface area contributed by atoms with Gasteiger partial charge in [-0.25, -0.2) is 0 Å². The highest BCUT2D eigenvalue weighted by Crippen LogP contribution is 2.15. The molecule has 0 fully saturated rings. The number of halogens is 1. The monoisotopic (exact) mass is 331 g/mol. The van der Waals surface area contributed by atoms with Crippen LogP contribution in [0.3, 0.4) is 0 Å². The Morgan fingerprint density at radius 3 is 2.20 bits per heavy atom. The van der Waals surface area contributed by atoms with Crippen LogP contribution in [0.1, 0.15) is 30.5 Å². The van der Waals surface area contributed by atoms with E-state index in [1.165, 1.54) is 21.2 Å². The summed E-state index contributed by atoms with van der Waals surface area (Å²) >= 11 is 3.58. The first-order valence-electron chi connectivity index (χ1n) is 7.17. The Bertz CT molecular complexity index is 531. The highest BCUT2D eigenvalue weighted by molar-refractivity contribution is 9.10. The van der Waals surface area contributed by atoms with Gasteiger partial charge in [-0.05, 0) is 35.1 Å². The zero-order chi connectivity index (χ0) is 14.4. The number of hydrogen-bond donors (Lipinski definition) is 1. The van der Waals surface area contributed by atoms with Gasteiger partial charge >= 0.3 is 0 Å². The molecule has 20 heavy (non-hydrogen) atoms. The van der Waals surface area contributed by atoms with Crippen LogP contribution in [0, 0.1) is 5.92 Å². The summed E-state index contributed by atoms with van der Waals surface area (Å²) in [7, 11) is 0. The van der Waals surface area contributed by atoms with Crippen LogP contribution in [0.4, 0.5) is 0 Å². The summed E-state index contributed by atoms with van der Waals surface area (Å²) in [4.78, 5) is 0. The van der Waals surface area contributed by atoms with Crippen molar-refractivity contribution < 1.29 is 0 Å². The summed E-state index contributed by atoms with van der Waals surface area (Å²) in [6, 6.07) is 17.3. The average molecular weight is 332 g/mol. The van der Waals surface area contributed by atoms with Gasteiger partial charge in [0.05, 0.1) is 0 Å². The molecule has 0 saturated carbocycles. The van der Waals surface area contributed by atoms with E-state index in [1.807, 2.05) is 6.07 Å². The molecule has 0 radical (unpaired) electrons. The minimum atomic E-state index is 0.717. The molecule has 2 aromatic rings. The average Bonchev–Trinajstić information content (AvgIpc) is 2.42. The lowest BCUT2D eigenvalue weighted by Crippen LogP contribution is -2.13. The van der Waals surface area contributed by atoms with Crippen LogP contribution in [0.2, 0.25) is 0 Å². The van der Waals surface area contributed by atoms with E-state index in [9.17, 15) is 0 Å². The van der Waals surface area contributed by atoms with Gasteiger partial charge in [-0.1, -0.05) is 72.2 Å². The third-order valence-corrected chi connectivity index (χ3v) is 4.04. The Labute approximate surface area is 130 Å². The Balaban J connectivity index is 1.84. The molecule has 106 valence electrons. The SMILES string of the molecule is CC(C)Cc1ccc(CNCc2ccccc2Br)cc1. The predicted molar refractivity (Wildman–Crippen MR) is 89.7 cm³/mol. The molecule has 0 spiro atoms. The molecule has 0 amide bonds. The lowest BCUT2D eigenvalue weighted by molar-refractivity contribution is 0.646. The van der Waals surface area contributed by atoms with Crippen molar-refractivity contribution >= 4 is 15.9 Å². The fourth-order valence-corrected chi connectivity index (χ4v) is 2.67. The maximum absolute atomic E-state index is 3.58. The van der Waals surface area contributed by atoms with Crippen molar-refractivity contribution in [1.82, 2.24) is 5.32 Å². The molecule has 0 saturated heterocycles. The smallest absolute Gasteiger partial charge is 0.0220 e. The normalized spacial score (nSPS) is 11.0. The Morgan fingerprint density at radius 1 is 0.900 bits per heavy atom. The molecular weight excluding hydrogens is 310 g/mol. The van der Waals surface area contributed by atoms with Crippen LogP contribution < -0.4 is 5.32 Å². The molecule has 2 aromatic carbocycles. The maximum Gasteiger partial charge on any atom is 0.0220 e. The van der Waals surface area contributed by atoms with Crippen molar-refractivity contribution in [2.45, 2.75) is 33.4 Å². The van der Waals surface area contributed by atoms with Crippen molar-refractivity contribution in [3.63, 3.8) is 0 Å². The van der Waals surface area contributed by atoms with E-state index in [1.54, 1.807) is 0 Å². The molecule has 0 aromatic heterocycles. The van der Waals surface area contributed by atoms with E-state index in [2.05, 4.69) is 77.6 Å². The highest BCUT2D eigenvalue weighted by atomic mass is 79.9. The van der Waals surface area contributed by atoms with E-state index in [-0.39, 0.29) is 0 Å². The molecular formula is C18H22BrN. The first-order valence-corrected chi connectivity index (χ1v) is 7.96. The molecule has 0 heterocycles. The minimum Gasteiger partial charge on any atom is -0.309 e. The van der Waals surface area contributed by atoms with Crippen molar-refractivity contribution in [2.24, 2.45) is 5.92 Å². The Hall–Kier alpha value is -1.12. The first-order chi connectivity index (χ1) is 9.65. The summed E-state index contributed by atoms with van der Waals surface area (Å²) in [5, 5.41) is 3.49. The number of hydrogen-bond acceptors (Lipinski definition) is 1. The van der Waals surface area contributed by atoms with Crippen LogP contribution in [-0.4, -0.2) is 0 Å². The van der Waals surface area contributed by atoms with E-state index in [4.69, 9.17) is 0 Å². The van der Waals surface area contributed by atoms with Crippen molar-refractivity contribution in [3.05, 3.63) is 69.7 Å². The summed E-state index contributed by atoms with van der Waals surface area (Å²) in [6.07, 6.45) is 1.16. The second-order valence-corrected chi connectivity index (χ2v) is 6.46. The van der Waals surface area contributed by atoms with Crippen LogP contribution in [-0.2, 0) is 19.5 Å². The molecule has 2 heteroatoms. The predicted octanol–water partition coefficient (Wildman–Crippen LogP) is 4.94. The molecule has 0 bridgehead atoms. The Morgan fingerprint density at radius 2 is 1.55 bits per heavy atom. The van der Waals surface area contributed by atoms with Crippen LogP contribution >= 0.6 is 15.9 Å². The van der Waals surface area contributed by atoms with Gasteiger partial charge in [0.2, 0.25) is 0 Å². The second-order valence-electron chi connectivity index (χ2n) is 5.61. The third kappa shape index (κ3) is 4.77. The topological polar surface area (TPSA) is 12.0 Å². The van der Waals surface area contributed by atoms with Crippen molar-refractivity contribution in [2.75, 3.05) is 0 Å². The fraction of sp³-hybridized carbons (Fsp3) is 0.333. The molecule has 1 nitrogen and oxygen atoms in total. The molecule has 0 atom stereocenters. The standard InChI is InChI=1S/C18H22BrN/c1-14(2)11-15-7-9-16(10-8-15)12-20-13-17-5-3-4-6-18(17)19/h3-10,14,20H,11-13H2,1-2H3. The minimum absolute atomic E-state index is 0.717. The largest absolute Gasteiger partial charge is 0.309 e. The fourth-order valence-electron chi connectivity index (χ4n) is 2.25. The Kier molecular flexibility index (Phi) is 5.81. The summed E-state index contributed by atoms with van der Waals surface area (Å²) in [5.74, 6) is 0.717. The maximum atomic E-state index is 3.58. The number of benzene rings is 2. The molecule has 2 rings (SSSR count). The van der Waals surface area contributed by atoms with E-state index < -0.39 is 0 Å². The van der Waals surface area contributed by atoms with Crippen LogP contribution in [0.15, 0.2) is 53.0 Å². The van der Waals surface area contributed by atoms with E-state index >= 15 is 0 Å². The van der Waals surface area contributed by atoms with Crippen LogP contribution in [0.5, 0.6) is 0 Å². The zero-order valence-corrected chi connectivity index (χ0v) is 13.8. The molecule has 0 aliphatic rings. The number of nitrogens with one attached hydrogen (secondary N) is 1. The van der Waals surface area contributed by atoms with Crippen molar-refractivity contribution in [3.8, 4) is 0 Å². The van der Waals surface area contributed by atoms with Gasteiger partial charge in [-0.2, -0.15) is 0 Å². The highest BCUT2D eigenvalue weighted by Gasteiger charge is 2.00. The van der Waals surface area contributed by atoms with Gasteiger partial charge in [-0.3, -0.25) is 0 Å². The van der Waals surface area contributed by atoms with E-state index in [0.29, 0.717) is 0 Å². The molecule has 1 N–H and O–H groups in total. The first kappa shape index (κ1) is 15.3. The van der Waals surface area contributed by atoms with Gasteiger partial charge in [0.1, 0.15) is 0 Å². The summed E-state index contributed by atoms with van der Waals surface area (Å²) in [5.41, 5.74) is 4.06. The molecule has 0 aliphatic heterocycles. The third-order valence-electron chi connectivity index (χ3n) is 3.27. The molecule has 0 aliphatic carbocycles. The van der Waals surface area contributed by atoms with Crippen LogP contribution in [0.25, 0.3) is 0 Å². The second kappa shape index (κ2) is 7.61. The summed E-state index contributed by atoms with van der Waals surface area (Å²) < 4.78 is 1.17. The van der Waals surface area contributed by atoms with E-state index in [0.717, 1.165) is 25.4 Å². The quantitative estimate of drug-likeness (QED) is 0.790. The molecule has 0 unspecified atom stereocenters. The van der Waals surface area contributed by atoms with Gasteiger partial charge in [0.25, 0.3) is 0 Å². The summed E-state index contributed by atoms with van der Waals surface area (Å²) in [6.45, 7) is 6.30. The lowest BCUT2D eigenvalue weighted by atomic mass is 10.0. The van der Waals surface area contributed by atoms with Crippen molar-refractivity contribution in [1.29, 1.82) is 0 Å². The number of rotatable bonds is 6. The van der Waals surface area contributed by atoms with Gasteiger partial charge in [0, 0.05) is 17.6 Å². The zero-order valence-electron chi connectivity index (χ0n) is 12.2. The van der Waals surface area contributed by atoms with Gasteiger partial charge < -0.3 is 5.32 Å².